The molecule has 0 aliphatic carbocycles. The van der Waals surface area contributed by atoms with Crippen LogP contribution in [0.5, 0.6) is 0 Å². The van der Waals surface area contributed by atoms with Gasteiger partial charge in [-0.1, -0.05) is 52.4 Å². The van der Waals surface area contributed by atoms with Gasteiger partial charge in [-0.2, -0.15) is 0 Å². The van der Waals surface area contributed by atoms with Gasteiger partial charge in [0, 0.05) is 21.3 Å². The van der Waals surface area contributed by atoms with Crippen molar-refractivity contribution in [3.63, 3.8) is 0 Å². The Bertz CT molecular complexity index is 1010. The molecule has 3 aromatic rings. The van der Waals surface area contributed by atoms with Crippen molar-refractivity contribution < 1.29 is 9.59 Å². The van der Waals surface area contributed by atoms with E-state index in [0.29, 0.717) is 30.8 Å². The normalized spacial score (nSPS) is 10.5. The van der Waals surface area contributed by atoms with Crippen LogP contribution < -0.4 is 10.6 Å². The van der Waals surface area contributed by atoms with E-state index in [2.05, 4.69) is 20.8 Å². The fourth-order valence-electron chi connectivity index (χ4n) is 2.13. The lowest BCUT2D eigenvalue weighted by Crippen LogP contribution is -2.14. The molecule has 0 bridgehead atoms. The second kappa shape index (κ2) is 9.38. The van der Waals surface area contributed by atoms with Crippen molar-refractivity contribution in [2.75, 3.05) is 16.4 Å². The summed E-state index contributed by atoms with van der Waals surface area (Å²) in [5.74, 6) is -0.331. The van der Waals surface area contributed by atoms with Gasteiger partial charge in [0.2, 0.25) is 11.0 Å². The molecule has 0 aliphatic heterocycles. The van der Waals surface area contributed by atoms with Gasteiger partial charge in [-0.15, -0.1) is 10.2 Å². The summed E-state index contributed by atoms with van der Waals surface area (Å²) < 4.78 is 0.573. The maximum absolute atomic E-state index is 12.2. The molecule has 0 atom stereocenters. The van der Waals surface area contributed by atoms with Crippen molar-refractivity contribution in [2.24, 2.45) is 0 Å². The number of carbonyl (C=O) groups is 2. The molecule has 0 saturated carbocycles. The molecule has 1 aromatic heterocycles. The minimum atomic E-state index is -0.307. The van der Waals surface area contributed by atoms with Crippen LogP contribution >= 0.6 is 46.3 Å². The predicted octanol–water partition coefficient (Wildman–Crippen LogP) is 5.14. The minimum Gasteiger partial charge on any atom is -0.325 e. The van der Waals surface area contributed by atoms with Crippen LogP contribution in [-0.2, 0) is 4.79 Å². The Labute approximate surface area is 179 Å². The Morgan fingerprint density at radius 2 is 1.75 bits per heavy atom. The van der Waals surface area contributed by atoms with Crippen molar-refractivity contribution in [2.45, 2.75) is 11.3 Å². The summed E-state index contributed by atoms with van der Waals surface area (Å²) in [6, 6.07) is 11.8. The first-order chi connectivity index (χ1) is 13.4. The van der Waals surface area contributed by atoms with Gasteiger partial charge in [0.1, 0.15) is 0 Å². The number of hydrogen-bond acceptors (Lipinski definition) is 6. The molecule has 2 amide bonds. The number of rotatable bonds is 6. The lowest BCUT2D eigenvalue weighted by Gasteiger charge is -2.08. The van der Waals surface area contributed by atoms with Crippen LogP contribution in [0.15, 0.2) is 46.8 Å². The molecule has 1 heterocycles. The maximum atomic E-state index is 12.2. The zero-order valence-electron chi connectivity index (χ0n) is 14.5. The van der Waals surface area contributed by atoms with Crippen LogP contribution in [-0.4, -0.2) is 27.8 Å². The van der Waals surface area contributed by atoms with E-state index in [1.54, 1.807) is 36.4 Å². The highest BCUT2D eigenvalue weighted by Gasteiger charge is 2.12. The molecule has 0 unspecified atom stereocenters. The van der Waals surface area contributed by atoms with Gasteiger partial charge in [-0.05, 0) is 48.9 Å². The van der Waals surface area contributed by atoms with Crippen molar-refractivity contribution >= 4 is 68.9 Å². The van der Waals surface area contributed by atoms with Crippen LogP contribution in [0.3, 0.4) is 0 Å². The summed E-state index contributed by atoms with van der Waals surface area (Å²) >= 11 is 14.2. The maximum Gasteiger partial charge on any atom is 0.257 e. The first-order valence-electron chi connectivity index (χ1n) is 8.00. The molecule has 6 nitrogen and oxygen atoms in total. The van der Waals surface area contributed by atoms with Crippen LogP contribution in [0, 0.1) is 6.92 Å². The number of aromatic nitrogens is 2. The molecule has 2 N–H and O–H groups in total. The van der Waals surface area contributed by atoms with Gasteiger partial charge in [0.25, 0.3) is 5.91 Å². The number of aryl methyl sites for hydroxylation is 1. The molecule has 0 radical (unpaired) electrons. The molecule has 0 aliphatic rings. The van der Waals surface area contributed by atoms with Gasteiger partial charge in [-0.25, -0.2) is 0 Å². The molecule has 10 heteroatoms. The van der Waals surface area contributed by atoms with E-state index in [4.69, 9.17) is 23.2 Å². The molecule has 0 saturated heterocycles. The minimum absolute atomic E-state index is 0.158. The zero-order valence-corrected chi connectivity index (χ0v) is 17.7. The number of halogens is 2. The summed E-state index contributed by atoms with van der Waals surface area (Å²) in [6.07, 6.45) is 0. The van der Waals surface area contributed by atoms with Gasteiger partial charge in [-0.3, -0.25) is 14.9 Å². The first-order valence-corrected chi connectivity index (χ1v) is 10.6. The van der Waals surface area contributed by atoms with Crippen molar-refractivity contribution in [3.8, 4) is 0 Å². The van der Waals surface area contributed by atoms with E-state index in [-0.39, 0.29) is 17.6 Å². The first kappa shape index (κ1) is 20.6. The molecular formula is C18H14Cl2N4O2S2. The quantitative estimate of drug-likeness (QED) is 0.399. The van der Waals surface area contributed by atoms with Gasteiger partial charge >= 0.3 is 0 Å². The number of nitrogens with one attached hydrogen (secondary N) is 2. The van der Waals surface area contributed by atoms with E-state index in [1.807, 2.05) is 13.0 Å². The molecule has 0 fully saturated rings. The number of benzene rings is 2. The van der Waals surface area contributed by atoms with E-state index >= 15 is 0 Å². The lowest BCUT2D eigenvalue weighted by atomic mass is 10.2. The Hall–Kier alpha value is -2.13. The van der Waals surface area contributed by atoms with Crippen LogP contribution in [0.2, 0.25) is 10.0 Å². The summed E-state index contributed by atoms with van der Waals surface area (Å²) in [4.78, 5) is 24.3. The largest absolute Gasteiger partial charge is 0.325 e. The highest BCUT2D eigenvalue weighted by molar-refractivity contribution is 8.01. The van der Waals surface area contributed by atoms with Crippen LogP contribution in [0.25, 0.3) is 0 Å². The number of amides is 2. The van der Waals surface area contributed by atoms with E-state index in [9.17, 15) is 9.59 Å². The Kier molecular flexibility index (Phi) is 6.90. The van der Waals surface area contributed by atoms with Gasteiger partial charge in [0.15, 0.2) is 4.34 Å². The fraction of sp³-hybridized carbons (Fsp3) is 0.111. The summed E-state index contributed by atoms with van der Waals surface area (Å²) in [5.41, 5.74) is 2.06. The standard InChI is InChI=1S/C18H14Cl2N4O2S2/c1-10-2-5-13(20)8-14(10)21-15(25)9-27-18-24-23-17(28-18)22-16(26)11-3-6-12(19)7-4-11/h2-8H,9H2,1H3,(H,21,25)(H,22,23,26). The Balaban J connectivity index is 1.53. The molecule has 144 valence electrons. The van der Waals surface area contributed by atoms with E-state index in [1.165, 1.54) is 23.1 Å². The SMILES string of the molecule is Cc1ccc(Cl)cc1NC(=O)CSc1nnc(NC(=O)c2ccc(Cl)cc2)s1. The van der Waals surface area contributed by atoms with E-state index < -0.39 is 0 Å². The number of anilines is 2. The number of hydrogen-bond donors (Lipinski definition) is 2. The molecule has 0 spiro atoms. The predicted molar refractivity (Wildman–Crippen MR) is 115 cm³/mol. The Morgan fingerprint density at radius 3 is 2.50 bits per heavy atom. The second-order valence-electron chi connectivity index (χ2n) is 5.63. The van der Waals surface area contributed by atoms with E-state index in [0.717, 1.165) is 5.56 Å². The highest BCUT2D eigenvalue weighted by atomic mass is 35.5. The monoisotopic (exact) mass is 452 g/mol. The number of nitrogens with zero attached hydrogens (tertiary/aromatic N) is 2. The third-order valence-electron chi connectivity index (χ3n) is 3.53. The van der Waals surface area contributed by atoms with Crippen molar-refractivity contribution in [1.82, 2.24) is 10.2 Å². The Morgan fingerprint density at radius 1 is 1.04 bits per heavy atom. The second-order valence-corrected chi connectivity index (χ2v) is 8.70. The van der Waals surface area contributed by atoms with Crippen molar-refractivity contribution in [3.05, 3.63) is 63.6 Å². The molecule has 2 aromatic carbocycles. The molecule has 28 heavy (non-hydrogen) atoms. The third-order valence-corrected chi connectivity index (χ3v) is 5.99. The summed E-state index contributed by atoms with van der Waals surface area (Å²) in [5, 5.41) is 14.9. The van der Waals surface area contributed by atoms with Gasteiger partial charge < -0.3 is 5.32 Å². The third kappa shape index (κ3) is 5.68. The fourth-order valence-corrected chi connectivity index (χ4v) is 3.98. The lowest BCUT2D eigenvalue weighted by molar-refractivity contribution is -0.113. The summed E-state index contributed by atoms with van der Waals surface area (Å²) in [6.45, 7) is 1.89. The average molecular weight is 453 g/mol. The van der Waals surface area contributed by atoms with Crippen molar-refractivity contribution in [1.29, 1.82) is 0 Å². The zero-order chi connectivity index (χ0) is 20.1. The van der Waals surface area contributed by atoms with Crippen LogP contribution in [0.1, 0.15) is 15.9 Å². The topological polar surface area (TPSA) is 84.0 Å². The highest BCUT2D eigenvalue weighted by Crippen LogP contribution is 2.26. The number of thioether (sulfide) groups is 1. The number of carbonyl (C=O) groups excluding carboxylic acids is 2. The average Bonchev–Trinajstić information content (AvgIpc) is 3.11. The summed E-state index contributed by atoms with van der Waals surface area (Å²) in [7, 11) is 0. The van der Waals surface area contributed by atoms with Crippen LogP contribution in [0.4, 0.5) is 10.8 Å². The smallest absolute Gasteiger partial charge is 0.257 e. The van der Waals surface area contributed by atoms with Gasteiger partial charge in [0.05, 0.1) is 5.75 Å². The molecular weight excluding hydrogens is 439 g/mol. The molecule has 3 rings (SSSR count).